The Hall–Kier alpha value is -2.13. The predicted molar refractivity (Wildman–Crippen MR) is 91.9 cm³/mol. The maximum absolute atomic E-state index is 12.0. The van der Waals surface area contributed by atoms with Gasteiger partial charge in [0.2, 0.25) is 5.91 Å². The highest BCUT2D eigenvalue weighted by Gasteiger charge is 2.30. The summed E-state index contributed by atoms with van der Waals surface area (Å²) in [4.78, 5) is 12.0. The smallest absolute Gasteiger partial charge is 0.225 e. The maximum atomic E-state index is 12.0. The first-order valence-corrected chi connectivity index (χ1v) is 8.34. The van der Waals surface area contributed by atoms with E-state index in [4.69, 9.17) is 0 Å². The Bertz CT molecular complexity index is 636. The molecular weight excluding hydrogens is 286 g/mol. The van der Waals surface area contributed by atoms with E-state index in [1.54, 1.807) is 0 Å². The second kappa shape index (κ2) is 7.42. The van der Waals surface area contributed by atoms with Crippen LogP contribution in [0.15, 0.2) is 54.6 Å². The van der Waals surface area contributed by atoms with Crippen LogP contribution in [0.2, 0.25) is 0 Å². The average molecular weight is 309 g/mol. The van der Waals surface area contributed by atoms with Gasteiger partial charge in [0.1, 0.15) is 0 Å². The minimum absolute atomic E-state index is 0.00379. The zero-order valence-corrected chi connectivity index (χ0v) is 13.2. The van der Waals surface area contributed by atoms with E-state index in [0.717, 1.165) is 25.7 Å². The number of rotatable bonds is 5. The summed E-state index contributed by atoms with van der Waals surface area (Å²) in [5.74, 6) is -0.216. The van der Waals surface area contributed by atoms with Crippen molar-refractivity contribution >= 4 is 5.91 Å². The number of nitrogens with one attached hydrogen (secondary N) is 1. The fourth-order valence-corrected chi connectivity index (χ4v) is 3.20. The molecule has 2 N–H and O–H groups in total. The molecule has 1 amide bonds. The third-order valence-corrected chi connectivity index (χ3v) is 4.59. The van der Waals surface area contributed by atoms with Crippen molar-refractivity contribution in [2.75, 3.05) is 6.54 Å². The lowest BCUT2D eigenvalue weighted by Gasteiger charge is -2.14. The lowest BCUT2D eigenvalue weighted by molar-refractivity contribution is -0.127. The van der Waals surface area contributed by atoms with Gasteiger partial charge in [-0.3, -0.25) is 4.79 Å². The average Bonchev–Trinajstić information content (AvgIpc) is 3.02. The number of aliphatic hydroxyl groups is 1. The molecule has 2 aromatic carbocycles. The summed E-state index contributed by atoms with van der Waals surface area (Å²) in [7, 11) is 0. The van der Waals surface area contributed by atoms with Crippen LogP contribution in [0.3, 0.4) is 0 Å². The Labute approximate surface area is 137 Å². The van der Waals surface area contributed by atoms with Gasteiger partial charge in [0, 0.05) is 6.54 Å². The Morgan fingerprint density at radius 3 is 2.35 bits per heavy atom. The van der Waals surface area contributed by atoms with E-state index in [0.29, 0.717) is 6.54 Å². The third kappa shape index (κ3) is 3.99. The van der Waals surface area contributed by atoms with E-state index < -0.39 is 6.10 Å². The zero-order chi connectivity index (χ0) is 16.1. The zero-order valence-electron chi connectivity index (χ0n) is 13.2. The van der Waals surface area contributed by atoms with Gasteiger partial charge in [-0.2, -0.15) is 0 Å². The van der Waals surface area contributed by atoms with Gasteiger partial charge < -0.3 is 10.4 Å². The van der Waals surface area contributed by atoms with Crippen molar-refractivity contribution in [1.29, 1.82) is 0 Å². The molecule has 0 saturated heterocycles. The van der Waals surface area contributed by atoms with Crippen LogP contribution in [-0.2, 0) is 11.2 Å². The van der Waals surface area contributed by atoms with E-state index in [2.05, 4.69) is 41.7 Å². The highest BCUT2D eigenvalue weighted by molar-refractivity contribution is 5.79. The highest BCUT2D eigenvalue weighted by atomic mass is 16.3. The number of hydrogen-bond donors (Lipinski definition) is 2. The molecule has 0 radical (unpaired) electrons. The molecule has 0 bridgehead atoms. The summed E-state index contributed by atoms with van der Waals surface area (Å²) < 4.78 is 0. The van der Waals surface area contributed by atoms with E-state index in [1.807, 2.05) is 18.2 Å². The molecule has 3 rings (SSSR count). The highest BCUT2D eigenvalue weighted by Crippen LogP contribution is 2.25. The molecule has 1 aliphatic rings. The first kappa shape index (κ1) is 15.8. The van der Waals surface area contributed by atoms with Gasteiger partial charge in [0.25, 0.3) is 0 Å². The number of carbonyl (C=O) groups is 1. The molecule has 1 fully saturated rings. The normalized spacial score (nSPS) is 20.4. The molecule has 0 heterocycles. The van der Waals surface area contributed by atoms with Crippen LogP contribution < -0.4 is 5.32 Å². The van der Waals surface area contributed by atoms with Crippen LogP contribution in [-0.4, -0.2) is 23.7 Å². The number of aliphatic hydroxyl groups excluding tert-OH is 1. The van der Waals surface area contributed by atoms with Gasteiger partial charge in [-0.05, 0) is 42.4 Å². The topological polar surface area (TPSA) is 49.3 Å². The van der Waals surface area contributed by atoms with Crippen molar-refractivity contribution in [1.82, 2.24) is 5.32 Å². The standard InChI is InChI=1S/C20H23NO2/c22-19-8-4-7-18(19)20(23)21-14-13-15-9-11-17(12-10-15)16-5-2-1-3-6-16/h1-3,5-6,9-12,18-19,22H,4,7-8,13-14H2,(H,21,23). The molecule has 2 atom stereocenters. The van der Waals surface area contributed by atoms with Crippen LogP contribution in [0.4, 0.5) is 0 Å². The van der Waals surface area contributed by atoms with Crippen molar-refractivity contribution in [2.24, 2.45) is 5.92 Å². The minimum atomic E-state index is -0.458. The number of carbonyl (C=O) groups excluding carboxylic acids is 1. The van der Waals surface area contributed by atoms with Crippen LogP contribution >= 0.6 is 0 Å². The molecule has 2 aromatic rings. The van der Waals surface area contributed by atoms with E-state index in [-0.39, 0.29) is 11.8 Å². The Morgan fingerprint density at radius 2 is 1.70 bits per heavy atom. The van der Waals surface area contributed by atoms with E-state index in [9.17, 15) is 9.90 Å². The second-order valence-electron chi connectivity index (χ2n) is 6.21. The summed E-state index contributed by atoms with van der Waals surface area (Å²) in [6.45, 7) is 0.618. The summed E-state index contributed by atoms with van der Waals surface area (Å²) in [6.07, 6.45) is 2.85. The molecule has 2 unspecified atom stereocenters. The molecule has 1 saturated carbocycles. The molecule has 0 spiro atoms. The molecule has 1 aliphatic carbocycles. The van der Waals surface area contributed by atoms with Gasteiger partial charge in [0.05, 0.1) is 12.0 Å². The fraction of sp³-hybridized carbons (Fsp3) is 0.350. The Balaban J connectivity index is 1.50. The molecule has 23 heavy (non-hydrogen) atoms. The minimum Gasteiger partial charge on any atom is -0.392 e. The lowest BCUT2D eigenvalue weighted by atomic mass is 10.0. The van der Waals surface area contributed by atoms with Crippen LogP contribution in [0.25, 0.3) is 11.1 Å². The van der Waals surface area contributed by atoms with Gasteiger partial charge in [-0.15, -0.1) is 0 Å². The first-order chi connectivity index (χ1) is 11.2. The van der Waals surface area contributed by atoms with Crippen molar-refractivity contribution in [3.8, 4) is 11.1 Å². The largest absolute Gasteiger partial charge is 0.392 e. The number of amides is 1. The quantitative estimate of drug-likeness (QED) is 0.891. The monoisotopic (exact) mass is 309 g/mol. The molecular formula is C20H23NO2. The SMILES string of the molecule is O=C(NCCc1ccc(-c2ccccc2)cc1)C1CCCC1O. The third-order valence-electron chi connectivity index (χ3n) is 4.59. The van der Waals surface area contributed by atoms with E-state index in [1.165, 1.54) is 16.7 Å². The molecule has 0 aliphatic heterocycles. The van der Waals surface area contributed by atoms with Crippen LogP contribution in [0.5, 0.6) is 0 Å². The lowest BCUT2D eigenvalue weighted by Crippen LogP contribution is -2.35. The van der Waals surface area contributed by atoms with Crippen molar-refractivity contribution in [3.05, 3.63) is 60.2 Å². The summed E-state index contributed by atoms with van der Waals surface area (Å²) in [5.41, 5.74) is 3.62. The van der Waals surface area contributed by atoms with Gasteiger partial charge >= 0.3 is 0 Å². The van der Waals surface area contributed by atoms with Crippen LogP contribution in [0, 0.1) is 5.92 Å². The summed E-state index contributed by atoms with van der Waals surface area (Å²) in [6, 6.07) is 18.7. The van der Waals surface area contributed by atoms with Crippen molar-refractivity contribution in [3.63, 3.8) is 0 Å². The Morgan fingerprint density at radius 1 is 1.00 bits per heavy atom. The first-order valence-electron chi connectivity index (χ1n) is 8.34. The van der Waals surface area contributed by atoms with Crippen molar-refractivity contribution < 1.29 is 9.90 Å². The molecule has 3 heteroatoms. The number of hydrogen-bond acceptors (Lipinski definition) is 2. The fourth-order valence-electron chi connectivity index (χ4n) is 3.20. The molecule has 0 aromatic heterocycles. The van der Waals surface area contributed by atoms with Gasteiger partial charge in [-0.25, -0.2) is 0 Å². The van der Waals surface area contributed by atoms with Gasteiger partial charge in [0.15, 0.2) is 0 Å². The van der Waals surface area contributed by atoms with Crippen molar-refractivity contribution in [2.45, 2.75) is 31.8 Å². The Kier molecular flexibility index (Phi) is 5.09. The number of benzene rings is 2. The van der Waals surface area contributed by atoms with Gasteiger partial charge in [-0.1, -0.05) is 54.6 Å². The summed E-state index contributed by atoms with van der Waals surface area (Å²) in [5, 5.41) is 12.7. The second-order valence-corrected chi connectivity index (χ2v) is 6.21. The summed E-state index contributed by atoms with van der Waals surface area (Å²) >= 11 is 0. The predicted octanol–water partition coefficient (Wildman–Crippen LogP) is 3.17. The van der Waals surface area contributed by atoms with Crippen LogP contribution in [0.1, 0.15) is 24.8 Å². The molecule has 120 valence electrons. The van der Waals surface area contributed by atoms with E-state index >= 15 is 0 Å². The molecule has 3 nitrogen and oxygen atoms in total. The maximum Gasteiger partial charge on any atom is 0.225 e.